The van der Waals surface area contributed by atoms with Crippen LogP contribution in [-0.4, -0.2) is 63.7 Å². The summed E-state index contributed by atoms with van der Waals surface area (Å²) in [6.45, 7) is -0.587. The minimum atomic E-state index is -4.54. The summed E-state index contributed by atoms with van der Waals surface area (Å²) in [7, 11) is 1.81. The van der Waals surface area contributed by atoms with Gasteiger partial charge < -0.3 is 19.3 Å². The van der Waals surface area contributed by atoms with Gasteiger partial charge in [0.15, 0.2) is 6.17 Å². The smallest absolute Gasteiger partial charge is 0.347 e. The molecule has 3 atom stereocenters. The van der Waals surface area contributed by atoms with Gasteiger partial charge in [-0.05, 0) is 31.7 Å². The van der Waals surface area contributed by atoms with Crippen LogP contribution in [0.5, 0.6) is 0 Å². The summed E-state index contributed by atoms with van der Waals surface area (Å²) in [4.78, 5) is 22.6. The quantitative estimate of drug-likeness (QED) is 0.498. The highest BCUT2D eigenvalue weighted by atomic mass is 19.4. The maximum absolute atomic E-state index is 14.6. The van der Waals surface area contributed by atoms with E-state index in [1.165, 1.54) is 12.1 Å². The van der Waals surface area contributed by atoms with Crippen molar-refractivity contribution < 1.29 is 26.9 Å². The van der Waals surface area contributed by atoms with Gasteiger partial charge in [-0.25, -0.2) is 4.39 Å². The number of amides is 1. The largest absolute Gasteiger partial charge is 0.406 e. The third-order valence-electron chi connectivity index (χ3n) is 6.51. The van der Waals surface area contributed by atoms with Crippen LogP contribution in [-0.2, 0) is 17.9 Å². The van der Waals surface area contributed by atoms with Crippen LogP contribution in [0.15, 0.2) is 33.8 Å². The fourth-order valence-corrected chi connectivity index (χ4v) is 4.47. The molecule has 2 aliphatic rings. The minimum absolute atomic E-state index is 0.00776. The van der Waals surface area contributed by atoms with Gasteiger partial charge in [-0.3, -0.25) is 9.79 Å². The number of hydrogen-bond acceptors (Lipinski definition) is 7. The van der Waals surface area contributed by atoms with Gasteiger partial charge in [0.05, 0.1) is 47.1 Å². The normalized spacial score (nSPS) is 23.4. The third kappa shape index (κ3) is 5.34. The van der Waals surface area contributed by atoms with Crippen molar-refractivity contribution in [2.45, 2.75) is 38.3 Å². The highest BCUT2D eigenvalue weighted by molar-refractivity contribution is 5.99. The van der Waals surface area contributed by atoms with Crippen LogP contribution >= 0.6 is 0 Å². The van der Waals surface area contributed by atoms with Crippen LogP contribution in [0.3, 0.4) is 0 Å². The molecule has 3 heterocycles. The first-order valence-electron chi connectivity index (χ1n) is 11.7. The third-order valence-corrected chi connectivity index (χ3v) is 6.51. The van der Waals surface area contributed by atoms with Gasteiger partial charge in [-0.15, -0.1) is 0 Å². The van der Waals surface area contributed by atoms with Gasteiger partial charge in [0.2, 0.25) is 17.6 Å². The topological polar surface area (TPSA) is 112 Å². The second-order valence-electron chi connectivity index (χ2n) is 9.33. The number of benzene rings is 1. The average Bonchev–Trinajstić information content (AvgIpc) is 3.35. The first-order chi connectivity index (χ1) is 17.6. The molecule has 5 rings (SSSR count). The maximum atomic E-state index is 14.6. The first-order valence-corrected chi connectivity index (χ1v) is 11.7. The number of alkyl halides is 4. The van der Waals surface area contributed by atoms with Gasteiger partial charge in [0, 0.05) is 24.9 Å². The molecule has 2 aromatic heterocycles. The zero-order chi connectivity index (χ0) is 26.3. The van der Waals surface area contributed by atoms with Crippen LogP contribution in [0, 0.1) is 23.2 Å². The molecule has 1 N–H and O–H groups in total. The Labute approximate surface area is 208 Å². The number of nitrogens with zero attached hydrogens (tertiary/aromatic N) is 6. The number of piperidine rings is 1. The van der Waals surface area contributed by atoms with E-state index in [1.807, 2.05) is 18.0 Å². The number of fused-ring (bicyclic) bond motifs is 1. The van der Waals surface area contributed by atoms with Gasteiger partial charge in [-0.2, -0.15) is 23.4 Å². The molecule has 1 aliphatic carbocycles. The number of carbonyl (C=O) groups is 1. The summed E-state index contributed by atoms with van der Waals surface area (Å²) in [5.74, 6) is -1.09. The van der Waals surface area contributed by atoms with Gasteiger partial charge in [0.1, 0.15) is 6.54 Å². The minimum Gasteiger partial charge on any atom is -0.347 e. The molecule has 2 fully saturated rings. The van der Waals surface area contributed by atoms with Crippen molar-refractivity contribution in [1.82, 2.24) is 24.9 Å². The molecule has 1 amide bonds. The van der Waals surface area contributed by atoms with E-state index in [-0.39, 0.29) is 53.8 Å². The molecule has 0 radical (unpaired) electrons. The Balaban J connectivity index is 1.47. The molecule has 0 bridgehead atoms. The summed E-state index contributed by atoms with van der Waals surface area (Å²) in [5.41, 5.74) is 0.999. The molecule has 0 spiro atoms. The Kier molecular flexibility index (Phi) is 6.45. The van der Waals surface area contributed by atoms with E-state index in [9.17, 15) is 22.4 Å². The van der Waals surface area contributed by atoms with Crippen LogP contribution in [0.1, 0.15) is 18.7 Å². The second kappa shape index (κ2) is 9.59. The molecule has 1 aliphatic heterocycles. The molecule has 1 unspecified atom stereocenters. The summed E-state index contributed by atoms with van der Waals surface area (Å²) in [5, 5.41) is 15.7. The average molecular weight is 517 g/mol. The van der Waals surface area contributed by atoms with Crippen molar-refractivity contribution in [3.8, 4) is 17.6 Å². The van der Waals surface area contributed by atoms with Crippen molar-refractivity contribution >= 4 is 28.2 Å². The Hall–Kier alpha value is -3.79. The molecular weight excluding hydrogens is 494 g/mol. The van der Waals surface area contributed by atoms with Gasteiger partial charge in [-0.1, -0.05) is 11.2 Å². The molecule has 3 aromatic rings. The van der Waals surface area contributed by atoms with Crippen molar-refractivity contribution in [2.24, 2.45) is 16.8 Å². The fraction of sp³-hybridized carbons (Fsp3) is 0.458. The number of halogens is 4. The van der Waals surface area contributed by atoms with Gasteiger partial charge >= 0.3 is 6.18 Å². The van der Waals surface area contributed by atoms with Gasteiger partial charge in [0.25, 0.3) is 0 Å². The van der Waals surface area contributed by atoms with E-state index in [4.69, 9.17) is 9.78 Å². The summed E-state index contributed by atoms with van der Waals surface area (Å²) in [6, 6.07) is 8.24. The molecule has 37 heavy (non-hydrogen) atoms. The molecule has 13 heteroatoms. The lowest BCUT2D eigenvalue weighted by Gasteiger charge is -2.26. The van der Waals surface area contributed by atoms with E-state index in [1.54, 1.807) is 12.1 Å². The lowest BCUT2D eigenvalue weighted by atomic mass is 10.1. The highest BCUT2D eigenvalue weighted by Gasteiger charge is 2.43. The van der Waals surface area contributed by atoms with E-state index in [0.29, 0.717) is 36.2 Å². The van der Waals surface area contributed by atoms with E-state index in [2.05, 4.69) is 20.4 Å². The number of aliphatic imine (C=N–C) groups is 1. The maximum Gasteiger partial charge on any atom is 0.406 e. The molecule has 194 valence electrons. The zero-order valence-electron chi connectivity index (χ0n) is 19.8. The van der Waals surface area contributed by atoms with Crippen LogP contribution < -0.4 is 5.32 Å². The Morgan fingerprint density at radius 3 is 2.89 bits per heavy atom. The number of rotatable bonds is 6. The summed E-state index contributed by atoms with van der Waals surface area (Å²) in [6.07, 6.45) is -4.90. The predicted octanol–water partition coefficient (Wildman–Crippen LogP) is 3.78. The highest BCUT2D eigenvalue weighted by Crippen LogP contribution is 2.38. The monoisotopic (exact) mass is 517 g/mol. The SMILES string of the molecule is CN1CC/C(=N\c2cccc3c2cc(-c2noc(CNC(=O)[C@H]4CC4C#N)n2)n3CC(F)(F)F)[C@@H](F)C1. The summed E-state index contributed by atoms with van der Waals surface area (Å²) < 4.78 is 61.3. The summed E-state index contributed by atoms with van der Waals surface area (Å²) >= 11 is 0. The van der Waals surface area contributed by atoms with Crippen molar-refractivity contribution in [2.75, 3.05) is 20.1 Å². The Morgan fingerprint density at radius 1 is 1.38 bits per heavy atom. The second-order valence-corrected chi connectivity index (χ2v) is 9.33. The van der Waals surface area contributed by atoms with Crippen LogP contribution in [0.25, 0.3) is 22.4 Å². The molecule has 1 saturated heterocycles. The Bertz CT molecular complexity index is 1400. The van der Waals surface area contributed by atoms with Crippen molar-refractivity contribution in [1.29, 1.82) is 5.26 Å². The number of carbonyl (C=O) groups excluding carboxylic acids is 1. The molecule has 9 nitrogen and oxygen atoms in total. The number of likely N-dealkylation sites (tertiary alicyclic amines) is 1. The standard InChI is InChI=1S/C24H23F4N7O2/c1-34-6-5-18(16(25)11-34)31-17-3-2-4-19-15(17)8-20(35(19)12-24(26,27)28)22-32-21(37-33-22)10-30-23(36)14-7-13(14)9-29/h2-4,8,13-14,16H,5-7,10-12H2,1H3,(H,30,36)/b31-18+/t13?,14-,16-/m0/s1. The van der Waals surface area contributed by atoms with Crippen molar-refractivity contribution in [3.63, 3.8) is 0 Å². The lowest BCUT2D eigenvalue weighted by Crippen LogP contribution is -2.39. The molecule has 1 aromatic carbocycles. The zero-order valence-corrected chi connectivity index (χ0v) is 19.8. The first kappa shape index (κ1) is 24.9. The van der Waals surface area contributed by atoms with Crippen LogP contribution in [0.4, 0.5) is 23.2 Å². The number of hydrogen-bond donors (Lipinski definition) is 1. The number of nitriles is 1. The van der Waals surface area contributed by atoms with E-state index in [0.717, 1.165) is 4.57 Å². The number of aromatic nitrogens is 3. The lowest BCUT2D eigenvalue weighted by molar-refractivity contribution is -0.139. The van der Waals surface area contributed by atoms with Crippen molar-refractivity contribution in [3.05, 3.63) is 30.2 Å². The Morgan fingerprint density at radius 2 is 2.19 bits per heavy atom. The molecular formula is C24H23F4N7O2. The van der Waals surface area contributed by atoms with E-state index < -0.39 is 18.9 Å². The predicted molar refractivity (Wildman–Crippen MR) is 124 cm³/mol. The number of nitrogens with one attached hydrogen (secondary N) is 1. The molecule has 1 saturated carbocycles. The van der Waals surface area contributed by atoms with E-state index >= 15 is 0 Å². The van der Waals surface area contributed by atoms with Crippen LogP contribution in [0.2, 0.25) is 0 Å². The fourth-order valence-electron chi connectivity index (χ4n) is 4.47.